The van der Waals surface area contributed by atoms with Crippen LogP contribution in [-0.2, 0) is 6.42 Å². The van der Waals surface area contributed by atoms with E-state index < -0.39 is 0 Å². The Balaban J connectivity index is 1.68. The largest absolute Gasteiger partial charge is 0.359 e. The third-order valence-electron chi connectivity index (χ3n) is 4.57. The van der Waals surface area contributed by atoms with Gasteiger partial charge in [-0.3, -0.25) is 4.79 Å². The number of thiazole rings is 1. The number of nitrogens with one attached hydrogen (secondary N) is 1. The van der Waals surface area contributed by atoms with E-state index in [1.165, 1.54) is 5.56 Å². The number of amides is 1. The number of hydrogen-bond donors (Lipinski definition) is 1. The van der Waals surface area contributed by atoms with Gasteiger partial charge in [0.05, 0.1) is 16.8 Å². The standard InChI is InChI=1S/C20H19N3OS/c1-14-6-5-9-16-18(14)20(24)23(11-10-15-7-3-2-4-8-15)19(22-16)17-12-25-13-21-17/h2-9,12-13,19,22H,10-11H2,1H3. The van der Waals surface area contributed by atoms with Crippen molar-refractivity contribution in [2.24, 2.45) is 0 Å². The second-order valence-electron chi connectivity index (χ2n) is 6.19. The molecule has 2 heterocycles. The molecule has 1 N–H and O–H groups in total. The maximum absolute atomic E-state index is 13.2. The third kappa shape index (κ3) is 3.03. The van der Waals surface area contributed by atoms with Crippen molar-refractivity contribution in [3.8, 4) is 0 Å². The predicted molar refractivity (Wildman–Crippen MR) is 101 cm³/mol. The van der Waals surface area contributed by atoms with Gasteiger partial charge in [0, 0.05) is 17.6 Å². The molecule has 5 heteroatoms. The molecule has 0 saturated heterocycles. The number of fused-ring (bicyclic) bond motifs is 1. The molecule has 1 aliphatic rings. The topological polar surface area (TPSA) is 45.2 Å². The van der Waals surface area contributed by atoms with Gasteiger partial charge >= 0.3 is 0 Å². The first-order valence-electron chi connectivity index (χ1n) is 8.33. The van der Waals surface area contributed by atoms with Crippen LogP contribution in [0.3, 0.4) is 0 Å². The van der Waals surface area contributed by atoms with Crippen LogP contribution in [0.15, 0.2) is 59.4 Å². The Morgan fingerprint density at radius 1 is 1.16 bits per heavy atom. The molecular weight excluding hydrogens is 330 g/mol. The number of nitrogens with zero attached hydrogens (tertiary/aromatic N) is 2. The molecule has 0 saturated carbocycles. The smallest absolute Gasteiger partial charge is 0.258 e. The van der Waals surface area contributed by atoms with Crippen LogP contribution in [0.2, 0.25) is 0 Å². The first-order valence-corrected chi connectivity index (χ1v) is 9.27. The van der Waals surface area contributed by atoms with Gasteiger partial charge in [-0.05, 0) is 30.5 Å². The molecule has 1 atom stereocenters. The summed E-state index contributed by atoms with van der Waals surface area (Å²) in [5, 5.41) is 5.51. The molecular formula is C20H19N3OS. The lowest BCUT2D eigenvalue weighted by Crippen LogP contribution is -2.44. The molecule has 1 amide bonds. The molecule has 1 aromatic heterocycles. The molecule has 4 rings (SSSR count). The number of hydrogen-bond acceptors (Lipinski definition) is 4. The molecule has 1 unspecified atom stereocenters. The Morgan fingerprint density at radius 2 is 2.00 bits per heavy atom. The molecule has 2 aromatic carbocycles. The number of aromatic nitrogens is 1. The molecule has 0 bridgehead atoms. The first kappa shape index (κ1) is 15.8. The summed E-state index contributed by atoms with van der Waals surface area (Å²) in [5.41, 5.74) is 6.57. The zero-order valence-corrected chi connectivity index (χ0v) is 14.8. The zero-order valence-electron chi connectivity index (χ0n) is 14.0. The lowest BCUT2D eigenvalue weighted by molar-refractivity contribution is 0.0681. The molecule has 126 valence electrons. The molecule has 0 spiro atoms. The Bertz CT molecular complexity index is 877. The van der Waals surface area contributed by atoms with Crippen molar-refractivity contribution in [2.75, 3.05) is 11.9 Å². The average molecular weight is 349 g/mol. The van der Waals surface area contributed by atoms with Crippen LogP contribution in [-0.4, -0.2) is 22.3 Å². The Kier molecular flexibility index (Phi) is 4.24. The predicted octanol–water partition coefficient (Wildman–Crippen LogP) is 4.26. The van der Waals surface area contributed by atoms with Crippen molar-refractivity contribution in [3.63, 3.8) is 0 Å². The van der Waals surface area contributed by atoms with Crippen LogP contribution in [0, 0.1) is 6.92 Å². The number of rotatable bonds is 4. The average Bonchev–Trinajstić information content (AvgIpc) is 3.16. The molecule has 0 fully saturated rings. The van der Waals surface area contributed by atoms with Crippen LogP contribution >= 0.6 is 11.3 Å². The minimum atomic E-state index is -0.225. The van der Waals surface area contributed by atoms with E-state index in [0.29, 0.717) is 6.54 Å². The molecule has 1 aliphatic heterocycles. The summed E-state index contributed by atoms with van der Waals surface area (Å²) in [6, 6.07) is 16.2. The van der Waals surface area contributed by atoms with Crippen molar-refractivity contribution in [2.45, 2.75) is 19.5 Å². The third-order valence-corrected chi connectivity index (χ3v) is 5.17. The van der Waals surface area contributed by atoms with Crippen LogP contribution in [0.1, 0.15) is 33.3 Å². The van der Waals surface area contributed by atoms with Crippen molar-refractivity contribution in [3.05, 3.63) is 81.8 Å². The highest BCUT2D eigenvalue weighted by Crippen LogP contribution is 2.34. The SMILES string of the molecule is Cc1cccc2c1C(=O)N(CCc1ccccc1)C(c1cscn1)N2. The number of carbonyl (C=O) groups is 1. The van der Waals surface area contributed by atoms with Gasteiger partial charge in [-0.1, -0.05) is 42.5 Å². The number of aryl methyl sites for hydroxylation is 1. The summed E-state index contributed by atoms with van der Waals surface area (Å²) < 4.78 is 0. The monoisotopic (exact) mass is 349 g/mol. The summed E-state index contributed by atoms with van der Waals surface area (Å²) in [6.45, 7) is 2.63. The normalized spacial score (nSPS) is 16.4. The molecule has 4 nitrogen and oxygen atoms in total. The second-order valence-corrected chi connectivity index (χ2v) is 6.91. The van der Waals surface area contributed by atoms with E-state index in [1.807, 2.05) is 59.1 Å². The van der Waals surface area contributed by atoms with E-state index in [1.54, 1.807) is 11.3 Å². The van der Waals surface area contributed by atoms with E-state index >= 15 is 0 Å². The van der Waals surface area contributed by atoms with Gasteiger partial charge < -0.3 is 10.2 Å². The fourth-order valence-electron chi connectivity index (χ4n) is 3.27. The van der Waals surface area contributed by atoms with E-state index in [0.717, 1.165) is 28.9 Å². The van der Waals surface area contributed by atoms with Crippen molar-refractivity contribution in [1.29, 1.82) is 0 Å². The fraction of sp³-hybridized carbons (Fsp3) is 0.200. The van der Waals surface area contributed by atoms with Gasteiger partial charge in [-0.15, -0.1) is 11.3 Å². The molecule has 25 heavy (non-hydrogen) atoms. The minimum absolute atomic E-state index is 0.0702. The maximum atomic E-state index is 13.2. The highest BCUT2D eigenvalue weighted by molar-refractivity contribution is 7.07. The van der Waals surface area contributed by atoms with Crippen LogP contribution in [0.25, 0.3) is 0 Å². The van der Waals surface area contributed by atoms with Gasteiger partial charge in [0.15, 0.2) is 0 Å². The Labute approximate surface area is 151 Å². The van der Waals surface area contributed by atoms with E-state index in [9.17, 15) is 4.79 Å². The van der Waals surface area contributed by atoms with Gasteiger partial charge in [-0.25, -0.2) is 4.98 Å². The zero-order chi connectivity index (χ0) is 17.2. The van der Waals surface area contributed by atoms with Gasteiger partial charge in [0.25, 0.3) is 5.91 Å². The number of benzene rings is 2. The second kappa shape index (κ2) is 6.69. The maximum Gasteiger partial charge on any atom is 0.258 e. The van der Waals surface area contributed by atoms with Gasteiger partial charge in [-0.2, -0.15) is 0 Å². The molecule has 0 aliphatic carbocycles. The van der Waals surface area contributed by atoms with E-state index in [2.05, 4.69) is 22.4 Å². The lowest BCUT2D eigenvalue weighted by atomic mass is 10.0. The highest BCUT2D eigenvalue weighted by Gasteiger charge is 2.34. The van der Waals surface area contributed by atoms with Crippen LogP contribution < -0.4 is 5.32 Å². The first-order chi connectivity index (χ1) is 12.2. The van der Waals surface area contributed by atoms with Crippen molar-refractivity contribution >= 4 is 22.9 Å². The molecule has 0 radical (unpaired) electrons. The summed E-state index contributed by atoms with van der Waals surface area (Å²) in [6.07, 6.45) is 0.590. The van der Waals surface area contributed by atoms with Crippen molar-refractivity contribution < 1.29 is 4.79 Å². The van der Waals surface area contributed by atoms with Gasteiger partial charge in [0.2, 0.25) is 0 Å². The summed E-state index contributed by atoms with van der Waals surface area (Å²) in [5.74, 6) is 0.0702. The lowest BCUT2D eigenvalue weighted by Gasteiger charge is -2.37. The fourth-order valence-corrected chi connectivity index (χ4v) is 3.85. The number of carbonyl (C=O) groups excluding carboxylic acids is 1. The summed E-state index contributed by atoms with van der Waals surface area (Å²) in [7, 11) is 0. The Hall–Kier alpha value is -2.66. The minimum Gasteiger partial charge on any atom is -0.359 e. The highest BCUT2D eigenvalue weighted by atomic mass is 32.1. The quantitative estimate of drug-likeness (QED) is 0.765. The Morgan fingerprint density at radius 3 is 2.76 bits per heavy atom. The van der Waals surface area contributed by atoms with Crippen LogP contribution in [0.5, 0.6) is 0 Å². The van der Waals surface area contributed by atoms with E-state index in [-0.39, 0.29) is 12.1 Å². The van der Waals surface area contributed by atoms with Crippen molar-refractivity contribution in [1.82, 2.24) is 9.88 Å². The summed E-state index contributed by atoms with van der Waals surface area (Å²) in [4.78, 5) is 19.6. The summed E-state index contributed by atoms with van der Waals surface area (Å²) >= 11 is 1.55. The van der Waals surface area contributed by atoms with Gasteiger partial charge in [0.1, 0.15) is 6.17 Å². The number of anilines is 1. The molecule has 3 aromatic rings. The van der Waals surface area contributed by atoms with Crippen LogP contribution in [0.4, 0.5) is 5.69 Å². The van der Waals surface area contributed by atoms with E-state index in [4.69, 9.17) is 0 Å².